The molecule has 1 saturated heterocycles. The van der Waals surface area contributed by atoms with E-state index in [1.54, 1.807) is 12.1 Å². The van der Waals surface area contributed by atoms with Crippen LogP contribution in [0.4, 0.5) is 0 Å². The summed E-state index contributed by atoms with van der Waals surface area (Å²) in [6.07, 6.45) is 2.91. The van der Waals surface area contributed by atoms with Crippen LogP contribution in [0.2, 0.25) is 0 Å². The van der Waals surface area contributed by atoms with Crippen molar-refractivity contribution in [2.75, 3.05) is 19.6 Å². The fourth-order valence-electron chi connectivity index (χ4n) is 2.04. The lowest BCUT2D eigenvalue weighted by Gasteiger charge is -2.12. The van der Waals surface area contributed by atoms with Gasteiger partial charge in [-0.1, -0.05) is 6.92 Å². The van der Waals surface area contributed by atoms with Crippen molar-refractivity contribution in [2.24, 2.45) is 0 Å². The Kier molecular flexibility index (Phi) is 4.42. The molecule has 0 spiro atoms. The van der Waals surface area contributed by atoms with E-state index < -0.39 is 10.0 Å². The predicted molar refractivity (Wildman–Crippen MR) is 68.7 cm³/mol. The maximum atomic E-state index is 12.2. The Morgan fingerprint density at radius 2 is 2.06 bits per heavy atom. The Hall–Kier alpha value is -0.850. The summed E-state index contributed by atoms with van der Waals surface area (Å²) in [6, 6.07) is 3.28. The molecule has 0 radical (unpaired) electrons. The molecule has 0 aromatic carbocycles. The van der Waals surface area contributed by atoms with Crippen molar-refractivity contribution >= 4 is 10.0 Å². The van der Waals surface area contributed by atoms with Crippen LogP contribution < -0.4 is 5.32 Å². The Labute approximate surface area is 108 Å². The molecule has 0 amide bonds. The van der Waals surface area contributed by atoms with E-state index in [2.05, 4.69) is 12.2 Å². The molecule has 1 aromatic rings. The minimum absolute atomic E-state index is 0.0673. The molecule has 1 N–H and O–H groups in total. The van der Waals surface area contributed by atoms with Gasteiger partial charge in [-0.15, -0.1) is 0 Å². The van der Waals surface area contributed by atoms with Gasteiger partial charge in [0.2, 0.25) is 5.09 Å². The fraction of sp³-hybridized carbons (Fsp3) is 0.667. The lowest BCUT2D eigenvalue weighted by atomic mass is 10.4. The van der Waals surface area contributed by atoms with E-state index in [1.807, 2.05) is 0 Å². The van der Waals surface area contributed by atoms with Gasteiger partial charge in [-0.05, 0) is 37.9 Å². The van der Waals surface area contributed by atoms with Crippen molar-refractivity contribution in [2.45, 2.75) is 37.8 Å². The summed E-state index contributed by atoms with van der Waals surface area (Å²) in [4.78, 5) is 0. The summed E-state index contributed by atoms with van der Waals surface area (Å²) in [7, 11) is -3.41. The first-order valence-electron chi connectivity index (χ1n) is 6.44. The quantitative estimate of drug-likeness (QED) is 0.798. The zero-order valence-electron chi connectivity index (χ0n) is 10.7. The third-order valence-corrected chi connectivity index (χ3v) is 4.80. The second-order valence-corrected chi connectivity index (χ2v) is 6.38. The highest BCUT2D eigenvalue weighted by molar-refractivity contribution is 7.89. The van der Waals surface area contributed by atoms with Crippen LogP contribution in [0.3, 0.4) is 0 Å². The standard InChI is InChI=1S/C12H20N2O3S/c1-2-7-13-10-11-5-6-12(17-11)18(15,16)14-8-3-4-9-14/h5-6,13H,2-4,7-10H2,1H3. The van der Waals surface area contributed by atoms with Gasteiger partial charge in [0.25, 0.3) is 10.0 Å². The third-order valence-electron chi connectivity index (χ3n) is 3.02. The first-order chi connectivity index (χ1) is 8.64. The predicted octanol–water partition coefficient (Wildman–Crippen LogP) is 1.56. The average Bonchev–Trinajstić information content (AvgIpc) is 3.01. The minimum atomic E-state index is -3.41. The molecule has 1 aliphatic heterocycles. The topological polar surface area (TPSA) is 62.6 Å². The van der Waals surface area contributed by atoms with Gasteiger partial charge in [0.15, 0.2) is 0 Å². The first kappa shape index (κ1) is 13.6. The number of nitrogens with one attached hydrogen (secondary N) is 1. The Morgan fingerprint density at radius 1 is 1.33 bits per heavy atom. The molecular formula is C12H20N2O3S. The summed E-state index contributed by atoms with van der Waals surface area (Å²) in [5.74, 6) is 0.668. The van der Waals surface area contributed by atoms with Gasteiger partial charge in [0.05, 0.1) is 6.54 Å². The molecule has 1 aliphatic rings. The molecule has 0 atom stereocenters. The molecule has 0 bridgehead atoms. The lowest BCUT2D eigenvalue weighted by molar-refractivity contribution is 0.381. The van der Waals surface area contributed by atoms with Crippen molar-refractivity contribution in [3.63, 3.8) is 0 Å². The zero-order chi connectivity index (χ0) is 13.0. The SMILES string of the molecule is CCCNCc1ccc(S(=O)(=O)N2CCCC2)o1. The summed E-state index contributed by atoms with van der Waals surface area (Å²) < 4.78 is 31.3. The van der Waals surface area contributed by atoms with E-state index in [4.69, 9.17) is 4.42 Å². The Morgan fingerprint density at radius 3 is 2.72 bits per heavy atom. The number of hydrogen-bond donors (Lipinski definition) is 1. The highest BCUT2D eigenvalue weighted by atomic mass is 32.2. The third kappa shape index (κ3) is 2.93. The van der Waals surface area contributed by atoms with Crippen LogP contribution in [0.15, 0.2) is 21.6 Å². The van der Waals surface area contributed by atoms with Crippen LogP contribution in [-0.4, -0.2) is 32.4 Å². The van der Waals surface area contributed by atoms with Crippen LogP contribution in [0.5, 0.6) is 0 Å². The summed E-state index contributed by atoms with van der Waals surface area (Å²) in [6.45, 7) is 4.76. The molecule has 0 aliphatic carbocycles. The maximum Gasteiger partial charge on any atom is 0.276 e. The molecule has 0 unspecified atom stereocenters. The number of nitrogens with zero attached hydrogens (tertiary/aromatic N) is 1. The van der Waals surface area contributed by atoms with E-state index in [0.29, 0.717) is 25.4 Å². The van der Waals surface area contributed by atoms with Gasteiger partial charge in [-0.25, -0.2) is 8.42 Å². The van der Waals surface area contributed by atoms with Crippen LogP contribution in [0.25, 0.3) is 0 Å². The van der Waals surface area contributed by atoms with Gasteiger partial charge in [-0.2, -0.15) is 4.31 Å². The molecule has 5 nitrogen and oxygen atoms in total. The van der Waals surface area contributed by atoms with Gasteiger partial charge < -0.3 is 9.73 Å². The molecule has 18 heavy (non-hydrogen) atoms. The van der Waals surface area contributed by atoms with E-state index in [-0.39, 0.29) is 5.09 Å². The number of hydrogen-bond acceptors (Lipinski definition) is 4. The summed E-state index contributed by atoms with van der Waals surface area (Å²) in [5.41, 5.74) is 0. The lowest BCUT2D eigenvalue weighted by Crippen LogP contribution is -2.27. The molecule has 1 aromatic heterocycles. The average molecular weight is 272 g/mol. The Balaban J connectivity index is 2.04. The molecule has 0 saturated carbocycles. The second kappa shape index (κ2) is 5.86. The van der Waals surface area contributed by atoms with Crippen LogP contribution in [0.1, 0.15) is 31.9 Å². The van der Waals surface area contributed by atoms with Crippen LogP contribution in [-0.2, 0) is 16.6 Å². The van der Waals surface area contributed by atoms with Crippen molar-refractivity contribution in [1.82, 2.24) is 9.62 Å². The number of sulfonamides is 1. The number of furan rings is 1. The monoisotopic (exact) mass is 272 g/mol. The van der Waals surface area contributed by atoms with Crippen molar-refractivity contribution < 1.29 is 12.8 Å². The molecule has 2 rings (SSSR count). The summed E-state index contributed by atoms with van der Waals surface area (Å²) in [5, 5.41) is 3.25. The molecule has 2 heterocycles. The fourth-order valence-corrected chi connectivity index (χ4v) is 3.48. The smallest absolute Gasteiger partial charge is 0.276 e. The molecule has 1 fully saturated rings. The first-order valence-corrected chi connectivity index (χ1v) is 7.88. The van der Waals surface area contributed by atoms with Gasteiger partial charge in [0, 0.05) is 13.1 Å². The van der Waals surface area contributed by atoms with E-state index in [9.17, 15) is 8.42 Å². The summed E-state index contributed by atoms with van der Waals surface area (Å²) >= 11 is 0. The zero-order valence-corrected chi connectivity index (χ0v) is 11.5. The van der Waals surface area contributed by atoms with Gasteiger partial charge in [0.1, 0.15) is 5.76 Å². The highest BCUT2D eigenvalue weighted by Crippen LogP contribution is 2.22. The van der Waals surface area contributed by atoms with Crippen molar-refractivity contribution in [1.29, 1.82) is 0 Å². The van der Waals surface area contributed by atoms with Crippen molar-refractivity contribution in [3.05, 3.63) is 17.9 Å². The van der Waals surface area contributed by atoms with E-state index >= 15 is 0 Å². The normalized spacial score (nSPS) is 17.4. The van der Waals surface area contributed by atoms with Gasteiger partial charge in [-0.3, -0.25) is 0 Å². The van der Waals surface area contributed by atoms with E-state index in [0.717, 1.165) is 25.8 Å². The van der Waals surface area contributed by atoms with Crippen molar-refractivity contribution in [3.8, 4) is 0 Å². The Bertz CT molecular complexity index is 475. The minimum Gasteiger partial charge on any atom is -0.447 e. The van der Waals surface area contributed by atoms with Crippen LogP contribution >= 0.6 is 0 Å². The number of rotatable bonds is 6. The maximum absolute atomic E-state index is 12.2. The molecule has 6 heteroatoms. The van der Waals surface area contributed by atoms with E-state index in [1.165, 1.54) is 4.31 Å². The van der Waals surface area contributed by atoms with Crippen LogP contribution in [0, 0.1) is 0 Å². The largest absolute Gasteiger partial charge is 0.447 e. The second-order valence-electron chi connectivity index (χ2n) is 4.51. The molecular weight excluding hydrogens is 252 g/mol. The van der Waals surface area contributed by atoms with Gasteiger partial charge >= 0.3 is 0 Å². The highest BCUT2D eigenvalue weighted by Gasteiger charge is 2.29. The molecule has 102 valence electrons.